The Bertz CT molecular complexity index is 894. The molecule has 2 aromatic carbocycles. The number of hydrogen-bond acceptors (Lipinski definition) is 6. The first-order chi connectivity index (χ1) is 12.8. The molecule has 2 rings (SSSR count). The molecule has 0 spiro atoms. The van der Waals surface area contributed by atoms with E-state index in [1.165, 1.54) is 36.4 Å². The maximum Gasteiger partial charge on any atom is 0.269 e. The molecule has 0 saturated heterocycles. The van der Waals surface area contributed by atoms with Gasteiger partial charge >= 0.3 is 0 Å². The number of sulfone groups is 1. The molecule has 0 heterocycles. The smallest absolute Gasteiger partial charge is 0.269 e. The predicted octanol–water partition coefficient (Wildman–Crippen LogP) is 3.90. The van der Waals surface area contributed by atoms with Crippen molar-refractivity contribution in [2.45, 2.75) is 29.6 Å². The van der Waals surface area contributed by atoms with Gasteiger partial charge < -0.3 is 5.32 Å². The van der Waals surface area contributed by atoms with Crippen molar-refractivity contribution in [2.24, 2.45) is 0 Å². The van der Waals surface area contributed by atoms with Crippen molar-refractivity contribution in [1.29, 1.82) is 0 Å². The third-order valence-electron chi connectivity index (χ3n) is 3.68. The number of carbonyl (C=O) groups is 1. The van der Waals surface area contributed by atoms with Crippen LogP contribution in [0.15, 0.2) is 58.3 Å². The van der Waals surface area contributed by atoms with Crippen LogP contribution in [0.4, 0.5) is 11.4 Å². The van der Waals surface area contributed by atoms with Crippen molar-refractivity contribution in [3.05, 3.63) is 58.6 Å². The highest BCUT2D eigenvalue weighted by Crippen LogP contribution is 2.24. The zero-order valence-corrected chi connectivity index (χ0v) is 16.4. The second kappa shape index (κ2) is 9.52. The molecule has 0 aliphatic rings. The van der Waals surface area contributed by atoms with Crippen LogP contribution in [0.3, 0.4) is 0 Å². The van der Waals surface area contributed by atoms with E-state index in [0.717, 1.165) is 30.7 Å². The van der Waals surface area contributed by atoms with E-state index in [2.05, 4.69) is 12.2 Å². The van der Waals surface area contributed by atoms with Gasteiger partial charge in [0.15, 0.2) is 0 Å². The normalized spacial score (nSPS) is 11.1. The van der Waals surface area contributed by atoms with Gasteiger partial charge in [0.25, 0.3) is 5.69 Å². The molecular weight excluding hydrogens is 388 g/mol. The fraction of sp³-hybridized carbons (Fsp3) is 0.278. The number of carbonyl (C=O) groups excluding carboxylic acids is 1. The molecule has 0 saturated carbocycles. The van der Waals surface area contributed by atoms with Crippen molar-refractivity contribution >= 4 is 38.9 Å². The molecule has 144 valence electrons. The van der Waals surface area contributed by atoms with Crippen LogP contribution in [-0.2, 0) is 14.6 Å². The summed E-state index contributed by atoms with van der Waals surface area (Å²) in [7, 11) is -3.79. The number of amides is 1. The van der Waals surface area contributed by atoms with Crippen LogP contribution >= 0.6 is 11.8 Å². The maximum absolute atomic E-state index is 12.6. The maximum atomic E-state index is 12.6. The summed E-state index contributed by atoms with van der Waals surface area (Å²) < 4.78 is 25.2. The Balaban J connectivity index is 2.05. The Morgan fingerprint density at radius 3 is 2.15 bits per heavy atom. The highest BCUT2D eigenvalue weighted by Gasteiger charge is 2.19. The zero-order chi connectivity index (χ0) is 19.9. The minimum Gasteiger partial charge on any atom is -0.325 e. The third-order valence-corrected chi connectivity index (χ3v) is 6.51. The summed E-state index contributed by atoms with van der Waals surface area (Å²) in [5.41, 5.74) is 0.336. The van der Waals surface area contributed by atoms with E-state index in [4.69, 9.17) is 0 Å². The summed E-state index contributed by atoms with van der Waals surface area (Å²) in [4.78, 5) is 22.0. The Kier molecular flexibility index (Phi) is 7.37. The van der Waals surface area contributed by atoms with E-state index in [-0.39, 0.29) is 21.4 Å². The summed E-state index contributed by atoms with van der Waals surface area (Å²) in [6.07, 6.45) is 2.15. The molecule has 0 radical (unpaired) electrons. The zero-order valence-electron chi connectivity index (χ0n) is 14.8. The van der Waals surface area contributed by atoms with Crippen molar-refractivity contribution in [3.8, 4) is 0 Å². The number of rotatable bonds is 9. The number of nitrogens with one attached hydrogen (secondary N) is 1. The number of hydrogen-bond donors (Lipinski definition) is 1. The van der Waals surface area contributed by atoms with Crippen LogP contribution in [0.1, 0.15) is 19.8 Å². The van der Waals surface area contributed by atoms with E-state index in [1.807, 2.05) is 0 Å². The minimum absolute atomic E-state index is 0.0304. The number of nitro benzene ring substituents is 1. The van der Waals surface area contributed by atoms with E-state index in [0.29, 0.717) is 11.4 Å². The Labute approximate surface area is 162 Å². The topological polar surface area (TPSA) is 106 Å². The number of unbranched alkanes of at least 4 members (excludes halogenated alkanes) is 1. The van der Waals surface area contributed by atoms with Crippen molar-refractivity contribution in [3.63, 3.8) is 0 Å². The van der Waals surface area contributed by atoms with Crippen LogP contribution < -0.4 is 5.32 Å². The second-order valence-electron chi connectivity index (χ2n) is 5.73. The molecule has 0 bridgehead atoms. The Morgan fingerprint density at radius 2 is 1.63 bits per heavy atom. The predicted molar refractivity (Wildman–Crippen MR) is 106 cm³/mol. The quantitative estimate of drug-likeness (QED) is 0.383. The molecule has 27 heavy (non-hydrogen) atoms. The van der Waals surface area contributed by atoms with Crippen LogP contribution in [-0.4, -0.2) is 30.8 Å². The molecular formula is C18H20N2O5S2. The van der Waals surface area contributed by atoms with Gasteiger partial charge in [-0.05, 0) is 48.6 Å². The lowest BCUT2D eigenvalue weighted by Crippen LogP contribution is -2.14. The van der Waals surface area contributed by atoms with Gasteiger partial charge in [0.1, 0.15) is 0 Å². The van der Waals surface area contributed by atoms with Crippen molar-refractivity contribution < 1.29 is 18.1 Å². The third kappa shape index (κ3) is 5.80. The van der Waals surface area contributed by atoms with Gasteiger partial charge in [0.05, 0.1) is 20.5 Å². The van der Waals surface area contributed by atoms with Crippen LogP contribution in [0, 0.1) is 10.1 Å². The van der Waals surface area contributed by atoms with Crippen molar-refractivity contribution in [2.75, 3.05) is 16.8 Å². The van der Waals surface area contributed by atoms with Crippen molar-refractivity contribution in [1.82, 2.24) is 0 Å². The van der Waals surface area contributed by atoms with Gasteiger partial charge in [0.2, 0.25) is 15.7 Å². The number of benzene rings is 2. The van der Waals surface area contributed by atoms with Crippen LogP contribution in [0.2, 0.25) is 0 Å². The molecule has 0 aliphatic carbocycles. The van der Waals surface area contributed by atoms with E-state index in [1.54, 1.807) is 11.8 Å². The van der Waals surface area contributed by atoms with Gasteiger partial charge in [0, 0.05) is 17.8 Å². The standard InChI is InChI=1S/C18H20N2O5S2/c1-2-3-12-26-13-18(21)19-14-4-8-16(9-5-14)27(24,25)17-10-6-15(7-11-17)20(22)23/h4-11H,2-3,12-13H2,1H3,(H,19,21). The average molecular weight is 409 g/mol. The van der Waals surface area contributed by atoms with E-state index >= 15 is 0 Å². The lowest BCUT2D eigenvalue weighted by Gasteiger charge is -2.08. The van der Waals surface area contributed by atoms with Gasteiger partial charge in [-0.15, -0.1) is 0 Å². The molecule has 0 unspecified atom stereocenters. The molecule has 2 aromatic rings. The first kappa shape index (κ1) is 20.9. The summed E-state index contributed by atoms with van der Waals surface area (Å²) in [5, 5.41) is 13.4. The fourth-order valence-corrected chi connectivity index (χ4v) is 4.36. The van der Waals surface area contributed by atoms with E-state index in [9.17, 15) is 23.3 Å². The molecule has 1 amide bonds. The lowest BCUT2D eigenvalue weighted by atomic mass is 10.3. The Hall–Kier alpha value is -2.39. The second-order valence-corrected chi connectivity index (χ2v) is 8.79. The molecule has 1 N–H and O–H groups in total. The number of nitrogens with zero attached hydrogens (tertiary/aromatic N) is 1. The average Bonchev–Trinajstić information content (AvgIpc) is 2.66. The number of non-ortho nitro benzene ring substituents is 1. The van der Waals surface area contributed by atoms with Gasteiger partial charge in [-0.25, -0.2) is 8.42 Å². The molecule has 7 nitrogen and oxygen atoms in total. The SMILES string of the molecule is CCCCSCC(=O)Nc1ccc(S(=O)(=O)c2ccc([N+](=O)[O-])cc2)cc1. The summed E-state index contributed by atoms with van der Waals surface area (Å²) in [6, 6.07) is 10.6. The Morgan fingerprint density at radius 1 is 1.07 bits per heavy atom. The minimum atomic E-state index is -3.79. The molecule has 0 aliphatic heterocycles. The number of anilines is 1. The van der Waals surface area contributed by atoms with Gasteiger partial charge in [-0.2, -0.15) is 11.8 Å². The molecule has 0 fully saturated rings. The summed E-state index contributed by atoms with van der Waals surface area (Å²) >= 11 is 1.56. The van der Waals surface area contributed by atoms with Crippen LogP contribution in [0.5, 0.6) is 0 Å². The largest absolute Gasteiger partial charge is 0.325 e. The van der Waals surface area contributed by atoms with Crippen LogP contribution in [0.25, 0.3) is 0 Å². The first-order valence-corrected chi connectivity index (χ1v) is 11.0. The fourth-order valence-electron chi connectivity index (χ4n) is 2.21. The van der Waals surface area contributed by atoms with Gasteiger partial charge in [-0.3, -0.25) is 14.9 Å². The van der Waals surface area contributed by atoms with E-state index < -0.39 is 14.8 Å². The highest BCUT2D eigenvalue weighted by atomic mass is 32.2. The summed E-state index contributed by atoms with van der Waals surface area (Å²) in [6.45, 7) is 2.09. The number of nitro groups is 1. The molecule has 0 aromatic heterocycles. The number of thioether (sulfide) groups is 1. The lowest BCUT2D eigenvalue weighted by molar-refractivity contribution is -0.384. The first-order valence-electron chi connectivity index (χ1n) is 8.32. The van der Waals surface area contributed by atoms with Gasteiger partial charge in [-0.1, -0.05) is 13.3 Å². The molecule has 9 heteroatoms. The summed E-state index contributed by atoms with van der Waals surface area (Å²) in [5.74, 6) is 1.14. The monoisotopic (exact) mass is 408 g/mol. The molecule has 0 atom stereocenters. The highest BCUT2D eigenvalue weighted by molar-refractivity contribution is 7.99.